The normalized spacial score (nSPS) is 12.5. The van der Waals surface area contributed by atoms with Gasteiger partial charge in [0.15, 0.2) is 17.4 Å². The number of nitrogens with zero attached hydrogens (tertiary/aromatic N) is 6. The number of hydrogen-bond donors (Lipinski definition) is 4. The Balaban J connectivity index is 1.56. The largest absolute Gasteiger partial charge is 0.508 e. The standard InChI is InChI=1S/C34H33FN8O8/c1-19-5-7-22(8-6-19)31(45)40-29(36)21-9-11-23(12-10-21)39-28(25-17-24(48-3)18-26(27(25)35)49-16-15-44)30-41-33(50-20(2)51-34(46)47)43(42-30)32-37-13-4-14-38-32/h4-14,17-18,20,28,39,44H,15-16H2,1-3H3,(H,46,47)(H2,36,40,45). The van der Waals surface area contributed by atoms with E-state index in [2.05, 4.69) is 35.1 Å². The van der Waals surface area contributed by atoms with Crippen molar-refractivity contribution in [3.8, 4) is 23.5 Å². The molecule has 0 aliphatic heterocycles. The smallest absolute Gasteiger partial charge is 0.497 e. The quantitative estimate of drug-likeness (QED) is 0.0556. The summed E-state index contributed by atoms with van der Waals surface area (Å²) in [7, 11) is 1.39. The fraction of sp³-hybridized carbons (Fsp3) is 0.206. The van der Waals surface area contributed by atoms with E-state index in [9.17, 15) is 14.7 Å². The summed E-state index contributed by atoms with van der Waals surface area (Å²) in [6, 6.07) is 16.2. The summed E-state index contributed by atoms with van der Waals surface area (Å²) < 4.78 is 38.5. The second kappa shape index (κ2) is 16.2. The second-order valence-corrected chi connectivity index (χ2v) is 10.7. The first kappa shape index (κ1) is 35.7. The molecule has 0 saturated carbocycles. The predicted molar refractivity (Wildman–Crippen MR) is 180 cm³/mol. The van der Waals surface area contributed by atoms with Gasteiger partial charge in [-0.3, -0.25) is 4.79 Å². The van der Waals surface area contributed by atoms with E-state index in [-0.39, 0.29) is 53.9 Å². The number of amides is 1. The Labute approximate surface area is 290 Å². The SMILES string of the molecule is COc1cc(OCCO)c(F)c(C(Nc2ccc(C(N)=NC(=O)c3ccc(C)cc3)cc2)c2nc(OC(C)OC(=O)O)n(-c3ncccn3)n2)c1. The van der Waals surface area contributed by atoms with Gasteiger partial charge in [-0.15, -0.1) is 9.78 Å². The van der Waals surface area contributed by atoms with Crippen LogP contribution in [0.15, 0.2) is 84.1 Å². The Bertz CT molecular complexity index is 2010. The number of aliphatic imine (C=N–C) groups is 1. The number of hydrogen-bond acceptors (Lipinski definition) is 12. The molecule has 3 aromatic carbocycles. The molecule has 51 heavy (non-hydrogen) atoms. The minimum atomic E-state index is -1.59. The summed E-state index contributed by atoms with van der Waals surface area (Å²) in [6.07, 6.45) is -0.0416. The van der Waals surface area contributed by atoms with Crippen LogP contribution in [0.5, 0.6) is 17.5 Å². The molecule has 5 aromatic rings. The lowest BCUT2D eigenvalue weighted by atomic mass is 10.0. The van der Waals surface area contributed by atoms with Crippen molar-refractivity contribution in [3.05, 3.63) is 113 Å². The number of methoxy groups -OCH3 is 1. The lowest BCUT2D eigenvalue weighted by molar-refractivity contribution is -0.0463. The zero-order valence-corrected chi connectivity index (χ0v) is 27.6. The second-order valence-electron chi connectivity index (χ2n) is 10.7. The maximum atomic E-state index is 16.2. The number of aromatic nitrogens is 5. The third-order valence-electron chi connectivity index (χ3n) is 7.08. The van der Waals surface area contributed by atoms with Gasteiger partial charge in [0, 0.05) is 47.8 Å². The maximum absolute atomic E-state index is 16.2. The first-order chi connectivity index (χ1) is 24.6. The molecular formula is C34H33FN8O8. The average Bonchev–Trinajstić information content (AvgIpc) is 3.53. The van der Waals surface area contributed by atoms with Gasteiger partial charge >= 0.3 is 12.2 Å². The van der Waals surface area contributed by atoms with Crippen LogP contribution in [-0.2, 0) is 4.74 Å². The molecule has 0 bridgehead atoms. The molecule has 1 amide bonds. The number of carbonyl (C=O) groups is 2. The van der Waals surface area contributed by atoms with Gasteiger partial charge in [0.1, 0.15) is 24.2 Å². The fourth-order valence-corrected chi connectivity index (χ4v) is 4.66. The summed E-state index contributed by atoms with van der Waals surface area (Å²) >= 11 is 0. The van der Waals surface area contributed by atoms with E-state index in [4.69, 9.17) is 25.1 Å². The van der Waals surface area contributed by atoms with Crippen LogP contribution in [-0.4, -0.2) is 79.5 Å². The first-order valence-electron chi connectivity index (χ1n) is 15.3. The highest BCUT2D eigenvalue weighted by Gasteiger charge is 2.29. The van der Waals surface area contributed by atoms with Gasteiger partial charge in [-0.25, -0.2) is 19.2 Å². The van der Waals surface area contributed by atoms with E-state index in [1.54, 1.807) is 54.6 Å². The molecule has 0 fully saturated rings. The van der Waals surface area contributed by atoms with Gasteiger partial charge in [-0.1, -0.05) is 17.7 Å². The van der Waals surface area contributed by atoms with Gasteiger partial charge in [-0.05, 0) is 55.5 Å². The minimum Gasteiger partial charge on any atom is -0.497 e. The van der Waals surface area contributed by atoms with E-state index >= 15 is 4.39 Å². The monoisotopic (exact) mass is 700 g/mol. The van der Waals surface area contributed by atoms with Crippen molar-refractivity contribution in [2.45, 2.75) is 26.2 Å². The van der Waals surface area contributed by atoms with Crippen molar-refractivity contribution < 1.29 is 43.1 Å². The highest BCUT2D eigenvalue weighted by Crippen LogP contribution is 2.36. The molecule has 2 unspecified atom stereocenters. The van der Waals surface area contributed by atoms with E-state index < -0.39 is 30.2 Å². The highest BCUT2D eigenvalue weighted by molar-refractivity contribution is 6.08. The minimum absolute atomic E-state index is 0.00454. The van der Waals surface area contributed by atoms with Crippen LogP contribution in [0.1, 0.15) is 45.8 Å². The van der Waals surface area contributed by atoms with E-state index in [0.717, 1.165) is 10.2 Å². The average molecular weight is 701 g/mol. The zero-order valence-electron chi connectivity index (χ0n) is 27.6. The zero-order chi connectivity index (χ0) is 36.5. The van der Waals surface area contributed by atoms with Crippen LogP contribution in [0, 0.1) is 12.7 Å². The molecule has 264 valence electrons. The molecule has 0 aliphatic rings. The van der Waals surface area contributed by atoms with Crippen molar-refractivity contribution >= 4 is 23.6 Å². The van der Waals surface area contributed by atoms with Crippen LogP contribution in [0.4, 0.5) is 14.9 Å². The van der Waals surface area contributed by atoms with Crippen LogP contribution >= 0.6 is 0 Å². The van der Waals surface area contributed by atoms with Crippen molar-refractivity contribution in [2.75, 3.05) is 25.6 Å². The Morgan fingerprint density at radius 2 is 1.75 bits per heavy atom. The summed E-state index contributed by atoms with van der Waals surface area (Å²) in [5, 5.41) is 26.1. The Hall–Kier alpha value is -6.62. The molecular weight excluding hydrogens is 667 g/mol. The molecule has 17 heteroatoms. The first-order valence-corrected chi connectivity index (χ1v) is 15.3. The number of anilines is 1. The van der Waals surface area contributed by atoms with Crippen molar-refractivity contribution in [2.24, 2.45) is 10.7 Å². The molecule has 16 nitrogen and oxygen atoms in total. The molecule has 5 rings (SSSR count). The summed E-state index contributed by atoms with van der Waals surface area (Å²) in [5.41, 5.74) is 8.38. The van der Waals surface area contributed by atoms with Gasteiger partial charge < -0.3 is 40.2 Å². The Morgan fingerprint density at radius 3 is 2.39 bits per heavy atom. The number of carboxylic acid groups (broad SMARTS) is 1. The molecule has 2 atom stereocenters. The molecule has 5 N–H and O–H groups in total. The Kier molecular flexibility index (Phi) is 11.3. The lowest BCUT2D eigenvalue weighted by Crippen LogP contribution is -2.21. The number of nitrogens with two attached hydrogens (primary N) is 1. The molecule has 2 aromatic heterocycles. The Morgan fingerprint density at radius 1 is 1.06 bits per heavy atom. The fourth-order valence-electron chi connectivity index (χ4n) is 4.66. The summed E-state index contributed by atoms with van der Waals surface area (Å²) in [6.45, 7) is 2.66. The lowest BCUT2D eigenvalue weighted by Gasteiger charge is -2.21. The molecule has 0 radical (unpaired) electrons. The topological polar surface area (TPSA) is 218 Å². The number of nitrogens with one attached hydrogen (secondary N) is 1. The van der Waals surface area contributed by atoms with E-state index in [0.29, 0.717) is 16.8 Å². The number of aliphatic hydroxyl groups is 1. The molecule has 0 spiro atoms. The molecule has 2 heterocycles. The number of rotatable bonds is 14. The van der Waals surface area contributed by atoms with Gasteiger partial charge in [0.2, 0.25) is 6.29 Å². The van der Waals surface area contributed by atoms with Crippen molar-refractivity contribution in [1.29, 1.82) is 0 Å². The summed E-state index contributed by atoms with van der Waals surface area (Å²) in [4.78, 5) is 40.7. The number of halogens is 1. The van der Waals surface area contributed by atoms with Crippen LogP contribution in [0.3, 0.4) is 0 Å². The molecule has 0 aliphatic carbocycles. The molecule has 0 saturated heterocycles. The number of aryl methyl sites for hydroxylation is 1. The van der Waals surface area contributed by atoms with Crippen molar-refractivity contribution in [1.82, 2.24) is 24.7 Å². The number of benzene rings is 3. The summed E-state index contributed by atoms with van der Waals surface area (Å²) in [5.74, 6) is -1.41. The van der Waals surface area contributed by atoms with Crippen LogP contribution in [0.25, 0.3) is 5.95 Å². The number of ether oxygens (including phenoxy) is 4. The van der Waals surface area contributed by atoms with Gasteiger partial charge in [0.25, 0.3) is 11.9 Å². The predicted octanol–water partition coefficient (Wildman–Crippen LogP) is 4.05. The van der Waals surface area contributed by atoms with E-state index in [1.807, 2.05) is 6.92 Å². The number of amidine groups is 1. The highest BCUT2D eigenvalue weighted by atomic mass is 19.1. The maximum Gasteiger partial charge on any atom is 0.508 e. The number of carbonyl (C=O) groups excluding carboxylic acids is 1. The third-order valence-corrected chi connectivity index (χ3v) is 7.08. The van der Waals surface area contributed by atoms with Gasteiger partial charge in [0.05, 0.1) is 13.7 Å². The van der Waals surface area contributed by atoms with Crippen LogP contribution < -0.4 is 25.3 Å². The van der Waals surface area contributed by atoms with E-state index in [1.165, 1.54) is 38.6 Å². The third kappa shape index (κ3) is 8.90. The van der Waals surface area contributed by atoms with Gasteiger partial charge in [-0.2, -0.15) is 9.98 Å². The number of aliphatic hydroxyl groups excluding tert-OH is 1. The van der Waals surface area contributed by atoms with Crippen molar-refractivity contribution in [3.63, 3.8) is 0 Å². The van der Waals surface area contributed by atoms with Crippen LogP contribution in [0.2, 0.25) is 0 Å².